The summed E-state index contributed by atoms with van der Waals surface area (Å²) >= 11 is 0. The molecule has 0 saturated carbocycles. The van der Waals surface area contributed by atoms with E-state index in [4.69, 9.17) is 9.47 Å². The number of nitrogens with one attached hydrogen (secondary N) is 3. The maximum atomic E-state index is 5.40. The summed E-state index contributed by atoms with van der Waals surface area (Å²) in [5.41, 5.74) is 0.711. The van der Waals surface area contributed by atoms with Crippen molar-refractivity contribution in [1.29, 1.82) is 0 Å². The molecule has 2 heterocycles. The third-order valence-corrected chi connectivity index (χ3v) is 2.72. The normalized spacial score (nSPS) is 10.9. The van der Waals surface area contributed by atoms with Gasteiger partial charge in [0.25, 0.3) is 0 Å². The van der Waals surface area contributed by atoms with Crippen LogP contribution >= 0.6 is 0 Å². The zero-order valence-electron chi connectivity index (χ0n) is 11.8. The van der Waals surface area contributed by atoms with Crippen LogP contribution in [0.5, 0.6) is 0 Å². The molecule has 8 heteroatoms. The van der Waals surface area contributed by atoms with Crippen LogP contribution in [0.1, 0.15) is 6.42 Å². The van der Waals surface area contributed by atoms with Crippen molar-refractivity contribution in [2.45, 2.75) is 6.42 Å². The second-order valence-corrected chi connectivity index (χ2v) is 4.16. The fourth-order valence-corrected chi connectivity index (χ4v) is 1.71. The van der Waals surface area contributed by atoms with E-state index in [1.807, 2.05) is 0 Å². The monoisotopic (exact) mass is 280 g/mol. The van der Waals surface area contributed by atoms with E-state index in [0.717, 1.165) is 24.2 Å². The average molecular weight is 280 g/mol. The van der Waals surface area contributed by atoms with Crippen LogP contribution in [-0.4, -0.2) is 60.7 Å². The van der Waals surface area contributed by atoms with Crippen LogP contribution in [0.25, 0.3) is 11.0 Å². The van der Waals surface area contributed by atoms with Gasteiger partial charge in [0.2, 0.25) is 5.95 Å². The molecule has 0 aliphatic heterocycles. The maximum Gasteiger partial charge on any atom is 0.226 e. The third-order valence-electron chi connectivity index (χ3n) is 2.72. The summed E-state index contributed by atoms with van der Waals surface area (Å²) in [6.45, 7) is 2.71. The number of nitrogens with zero attached hydrogens (tertiary/aromatic N) is 3. The zero-order valence-corrected chi connectivity index (χ0v) is 11.8. The maximum absolute atomic E-state index is 5.40. The lowest BCUT2D eigenvalue weighted by Crippen LogP contribution is -2.10. The Balaban J connectivity index is 1.84. The Morgan fingerprint density at radius 2 is 2.15 bits per heavy atom. The van der Waals surface area contributed by atoms with Gasteiger partial charge in [0.05, 0.1) is 24.8 Å². The van der Waals surface area contributed by atoms with Gasteiger partial charge in [-0.3, -0.25) is 5.10 Å². The number of rotatable bonds is 9. The highest BCUT2D eigenvalue weighted by Crippen LogP contribution is 2.19. The van der Waals surface area contributed by atoms with Gasteiger partial charge < -0.3 is 20.1 Å². The Kier molecular flexibility index (Phi) is 5.51. The SMILES string of the molecule is CNc1nc(NCCCOCCOC)c2cn[nH]c2n1. The van der Waals surface area contributed by atoms with Crippen molar-refractivity contribution < 1.29 is 9.47 Å². The lowest BCUT2D eigenvalue weighted by molar-refractivity contribution is 0.0705. The molecule has 0 bridgehead atoms. The predicted octanol–water partition coefficient (Wildman–Crippen LogP) is 0.860. The second-order valence-electron chi connectivity index (χ2n) is 4.16. The molecule has 0 amide bonds. The average Bonchev–Trinajstić information content (AvgIpc) is 2.94. The fraction of sp³-hybridized carbons (Fsp3) is 0.583. The standard InChI is InChI=1S/C12H20N6O2/c1-13-12-16-10(9-8-15-18-11(9)17-12)14-4-3-5-20-7-6-19-2/h8H,3-7H2,1-2H3,(H3,13,14,15,16,17,18). The van der Waals surface area contributed by atoms with E-state index in [1.165, 1.54) is 0 Å². The van der Waals surface area contributed by atoms with Gasteiger partial charge in [-0.1, -0.05) is 0 Å². The fourth-order valence-electron chi connectivity index (χ4n) is 1.71. The van der Waals surface area contributed by atoms with Crippen LogP contribution in [0, 0.1) is 0 Å². The van der Waals surface area contributed by atoms with Gasteiger partial charge in [0.15, 0.2) is 5.65 Å². The summed E-state index contributed by atoms with van der Waals surface area (Å²) in [4.78, 5) is 8.66. The quantitative estimate of drug-likeness (QED) is 0.586. The van der Waals surface area contributed by atoms with Crippen molar-refractivity contribution in [2.24, 2.45) is 0 Å². The summed E-state index contributed by atoms with van der Waals surface area (Å²) in [5.74, 6) is 1.32. The summed E-state index contributed by atoms with van der Waals surface area (Å²) in [6, 6.07) is 0. The highest BCUT2D eigenvalue weighted by molar-refractivity contribution is 5.86. The van der Waals surface area contributed by atoms with Crippen molar-refractivity contribution in [1.82, 2.24) is 20.2 Å². The summed E-state index contributed by atoms with van der Waals surface area (Å²) in [5, 5.41) is 13.9. The molecule has 2 rings (SSSR count). The van der Waals surface area contributed by atoms with E-state index >= 15 is 0 Å². The largest absolute Gasteiger partial charge is 0.382 e. The topological polar surface area (TPSA) is 97.0 Å². The minimum atomic E-state index is 0.556. The first-order chi connectivity index (χ1) is 9.85. The van der Waals surface area contributed by atoms with Crippen LogP contribution < -0.4 is 10.6 Å². The molecule has 0 atom stereocenters. The number of methoxy groups -OCH3 is 1. The molecule has 20 heavy (non-hydrogen) atoms. The molecule has 0 spiro atoms. The van der Waals surface area contributed by atoms with Crippen molar-refractivity contribution in [3.05, 3.63) is 6.20 Å². The molecule has 2 aromatic heterocycles. The van der Waals surface area contributed by atoms with E-state index in [9.17, 15) is 0 Å². The van der Waals surface area contributed by atoms with Gasteiger partial charge >= 0.3 is 0 Å². The molecule has 110 valence electrons. The molecule has 0 radical (unpaired) electrons. The minimum absolute atomic E-state index is 0.556. The van der Waals surface area contributed by atoms with Gasteiger partial charge in [-0.15, -0.1) is 0 Å². The Morgan fingerprint density at radius 3 is 2.95 bits per heavy atom. The molecule has 0 fully saturated rings. The smallest absolute Gasteiger partial charge is 0.226 e. The number of hydrogen-bond donors (Lipinski definition) is 3. The molecule has 8 nitrogen and oxygen atoms in total. The number of aromatic nitrogens is 4. The number of hydrogen-bond acceptors (Lipinski definition) is 7. The third kappa shape index (κ3) is 3.78. The molecular formula is C12H20N6O2. The Labute approximate surface area is 117 Å². The van der Waals surface area contributed by atoms with Gasteiger partial charge in [0, 0.05) is 27.3 Å². The first kappa shape index (κ1) is 14.5. The van der Waals surface area contributed by atoms with Crippen molar-refractivity contribution in [3.63, 3.8) is 0 Å². The van der Waals surface area contributed by atoms with Gasteiger partial charge in [-0.25, -0.2) is 0 Å². The first-order valence-corrected chi connectivity index (χ1v) is 6.54. The molecule has 0 saturated heterocycles. The van der Waals surface area contributed by atoms with Gasteiger partial charge in [0.1, 0.15) is 5.82 Å². The van der Waals surface area contributed by atoms with Crippen LogP contribution in [0.3, 0.4) is 0 Å². The van der Waals surface area contributed by atoms with E-state index in [2.05, 4.69) is 30.8 Å². The summed E-state index contributed by atoms with van der Waals surface area (Å²) in [7, 11) is 3.44. The van der Waals surface area contributed by atoms with Crippen LogP contribution in [-0.2, 0) is 9.47 Å². The highest BCUT2D eigenvalue weighted by Gasteiger charge is 2.07. The molecule has 0 unspecified atom stereocenters. The van der Waals surface area contributed by atoms with Crippen LogP contribution in [0.4, 0.5) is 11.8 Å². The second kappa shape index (κ2) is 7.61. The van der Waals surface area contributed by atoms with E-state index in [1.54, 1.807) is 20.4 Å². The Morgan fingerprint density at radius 1 is 1.25 bits per heavy atom. The van der Waals surface area contributed by atoms with Gasteiger partial charge in [-0.05, 0) is 6.42 Å². The predicted molar refractivity (Wildman–Crippen MR) is 77.0 cm³/mol. The lowest BCUT2D eigenvalue weighted by atomic mass is 10.3. The molecule has 0 aliphatic rings. The number of fused-ring (bicyclic) bond motifs is 1. The van der Waals surface area contributed by atoms with E-state index < -0.39 is 0 Å². The summed E-state index contributed by atoms with van der Waals surface area (Å²) < 4.78 is 10.3. The van der Waals surface area contributed by atoms with Crippen molar-refractivity contribution in [2.75, 3.05) is 51.2 Å². The van der Waals surface area contributed by atoms with Crippen molar-refractivity contribution >= 4 is 22.8 Å². The van der Waals surface area contributed by atoms with Gasteiger partial charge in [-0.2, -0.15) is 15.1 Å². The number of ether oxygens (including phenoxy) is 2. The van der Waals surface area contributed by atoms with Crippen molar-refractivity contribution in [3.8, 4) is 0 Å². The molecule has 3 N–H and O–H groups in total. The minimum Gasteiger partial charge on any atom is -0.382 e. The Bertz CT molecular complexity index is 530. The summed E-state index contributed by atoms with van der Waals surface area (Å²) in [6.07, 6.45) is 2.61. The molecule has 2 aromatic rings. The van der Waals surface area contributed by atoms with Crippen LogP contribution in [0.2, 0.25) is 0 Å². The molecular weight excluding hydrogens is 260 g/mol. The number of H-pyrrole nitrogens is 1. The number of aromatic amines is 1. The van der Waals surface area contributed by atoms with E-state index in [0.29, 0.717) is 31.4 Å². The first-order valence-electron chi connectivity index (χ1n) is 6.54. The Hall–Kier alpha value is -1.93. The molecule has 0 aliphatic carbocycles. The highest BCUT2D eigenvalue weighted by atomic mass is 16.5. The number of anilines is 2. The lowest BCUT2D eigenvalue weighted by Gasteiger charge is -2.08. The molecule has 0 aromatic carbocycles. The zero-order chi connectivity index (χ0) is 14.2. The van der Waals surface area contributed by atoms with Crippen LogP contribution in [0.15, 0.2) is 6.20 Å². The van der Waals surface area contributed by atoms with E-state index in [-0.39, 0.29) is 0 Å².